The first-order chi connectivity index (χ1) is 12.3. The number of benzene rings is 2. The molecule has 1 aromatic heterocycles. The normalized spacial score (nSPS) is 11.2. The van der Waals surface area contributed by atoms with Crippen LogP contribution in [-0.4, -0.2) is 28.5 Å². The minimum atomic E-state index is -0.401. The summed E-state index contributed by atoms with van der Waals surface area (Å²) in [6.45, 7) is 3.94. The number of nitrogens with one attached hydrogen (secondary N) is 2. The van der Waals surface area contributed by atoms with E-state index in [4.69, 9.17) is 0 Å². The number of anilines is 2. The van der Waals surface area contributed by atoms with Crippen molar-refractivity contribution >= 4 is 28.3 Å². The van der Waals surface area contributed by atoms with E-state index in [-0.39, 0.29) is 17.6 Å². The average molecular weight is 356 g/mol. The van der Waals surface area contributed by atoms with Gasteiger partial charge in [-0.15, -0.1) is 0 Å². The van der Waals surface area contributed by atoms with Crippen LogP contribution in [0.4, 0.5) is 15.8 Å². The Labute approximate surface area is 150 Å². The number of aromatic amines is 1. The summed E-state index contributed by atoms with van der Waals surface area (Å²) in [4.78, 5) is 28.6. The molecule has 0 atom stereocenters. The van der Waals surface area contributed by atoms with Gasteiger partial charge in [0.05, 0.1) is 16.7 Å². The highest BCUT2D eigenvalue weighted by Gasteiger charge is 2.13. The zero-order valence-electron chi connectivity index (χ0n) is 15.1. The second-order valence-electron chi connectivity index (χ2n) is 6.55. The Morgan fingerprint density at radius 1 is 1.23 bits per heavy atom. The number of halogens is 1. The lowest BCUT2D eigenvalue weighted by Gasteiger charge is -2.24. The molecule has 2 aromatic carbocycles. The molecule has 0 aliphatic carbocycles. The molecule has 0 saturated heterocycles. The standard InChI is InChI=1S/C19H21FN4O2/c1-11(2)23(3)16-8-6-13(10-14(16)20)21-18(25)12-5-7-17-15(9-12)22-19(26)24(17)4/h5-11H,1-4H3,(H,21,25)(H,22,26). The maximum absolute atomic E-state index is 14.3. The number of hydrogen-bond donors (Lipinski definition) is 2. The van der Waals surface area contributed by atoms with Crippen molar-refractivity contribution in [1.29, 1.82) is 0 Å². The third kappa shape index (κ3) is 3.20. The van der Waals surface area contributed by atoms with Gasteiger partial charge >= 0.3 is 5.69 Å². The zero-order chi connectivity index (χ0) is 19.0. The highest BCUT2D eigenvalue weighted by molar-refractivity contribution is 6.06. The van der Waals surface area contributed by atoms with Gasteiger partial charge in [-0.1, -0.05) is 0 Å². The van der Waals surface area contributed by atoms with E-state index in [1.165, 1.54) is 10.6 Å². The molecule has 1 amide bonds. The Bertz CT molecular complexity index is 1040. The smallest absolute Gasteiger partial charge is 0.326 e. The highest BCUT2D eigenvalue weighted by atomic mass is 19.1. The van der Waals surface area contributed by atoms with Crippen molar-refractivity contribution in [1.82, 2.24) is 9.55 Å². The van der Waals surface area contributed by atoms with Crippen LogP contribution in [0.15, 0.2) is 41.2 Å². The van der Waals surface area contributed by atoms with E-state index in [0.29, 0.717) is 28.0 Å². The third-order valence-corrected chi connectivity index (χ3v) is 4.53. The number of nitrogens with zero attached hydrogens (tertiary/aromatic N) is 2. The molecule has 3 aromatic rings. The van der Waals surface area contributed by atoms with Crippen molar-refractivity contribution in [3.63, 3.8) is 0 Å². The molecule has 2 N–H and O–H groups in total. The molecule has 7 heteroatoms. The van der Waals surface area contributed by atoms with Gasteiger partial charge in [-0.25, -0.2) is 9.18 Å². The fourth-order valence-corrected chi connectivity index (χ4v) is 2.73. The Hall–Kier alpha value is -3.09. The number of imidazole rings is 1. The molecule has 0 aliphatic rings. The van der Waals surface area contributed by atoms with Gasteiger partial charge in [0, 0.05) is 31.4 Å². The predicted octanol–water partition coefficient (Wildman–Crippen LogP) is 3.10. The summed E-state index contributed by atoms with van der Waals surface area (Å²) in [5.74, 6) is -0.775. The van der Waals surface area contributed by atoms with Crippen molar-refractivity contribution in [2.24, 2.45) is 7.05 Å². The number of carbonyl (C=O) groups is 1. The van der Waals surface area contributed by atoms with Crippen LogP contribution in [0.5, 0.6) is 0 Å². The largest absolute Gasteiger partial charge is 0.370 e. The van der Waals surface area contributed by atoms with Crippen LogP contribution < -0.4 is 15.9 Å². The fourth-order valence-electron chi connectivity index (χ4n) is 2.73. The van der Waals surface area contributed by atoms with Crippen LogP contribution in [0.2, 0.25) is 0 Å². The van der Waals surface area contributed by atoms with Gasteiger partial charge in [-0.2, -0.15) is 0 Å². The lowest BCUT2D eigenvalue weighted by Crippen LogP contribution is -2.26. The SMILES string of the molecule is CC(C)N(C)c1ccc(NC(=O)c2ccc3c(c2)[nH]c(=O)n3C)cc1F. The van der Waals surface area contributed by atoms with Gasteiger partial charge in [-0.3, -0.25) is 9.36 Å². The second kappa shape index (κ2) is 6.67. The second-order valence-corrected chi connectivity index (χ2v) is 6.55. The van der Waals surface area contributed by atoms with Gasteiger partial charge < -0.3 is 15.2 Å². The quantitative estimate of drug-likeness (QED) is 0.755. The number of hydrogen-bond acceptors (Lipinski definition) is 3. The minimum Gasteiger partial charge on any atom is -0.370 e. The number of aryl methyl sites for hydroxylation is 1. The van der Waals surface area contributed by atoms with Crippen molar-refractivity contribution in [2.75, 3.05) is 17.3 Å². The minimum absolute atomic E-state index is 0.157. The molecule has 0 bridgehead atoms. The van der Waals surface area contributed by atoms with E-state index in [2.05, 4.69) is 10.3 Å². The number of carbonyl (C=O) groups excluding carboxylic acids is 1. The summed E-state index contributed by atoms with van der Waals surface area (Å²) in [5.41, 5.74) is 2.26. The molecule has 6 nitrogen and oxygen atoms in total. The Balaban J connectivity index is 1.84. The maximum atomic E-state index is 14.3. The molecule has 0 saturated carbocycles. The van der Waals surface area contributed by atoms with Gasteiger partial charge in [0.2, 0.25) is 0 Å². The van der Waals surface area contributed by atoms with Crippen LogP contribution in [0.3, 0.4) is 0 Å². The summed E-state index contributed by atoms with van der Waals surface area (Å²) in [5, 5.41) is 2.68. The van der Waals surface area contributed by atoms with Crippen LogP contribution in [0, 0.1) is 5.82 Å². The first kappa shape index (κ1) is 17.7. The first-order valence-electron chi connectivity index (χ1n) is 8.30. The monoisotopic (exact) mass is 356 g/mol. The lowest BCUT2D eigenvalue weighted by molar-refractivity contribution is 0.102. The van der Waals surface area contributed by atoms with E-state index in [1.807, 2.05) is 25.8 Å². The molecule has 0 aliphatic heterocycles. The van der Waals surface area contributed by atoms with Gasteiger partial charge in [-0.05, 0) is 50.2 Å². The summed E-state index contributed by atoms with van der Waals surface area (Å²) >= 11 is 0. The lowest BCUT2D eigenvalue weighted by atomic mass is 10.1. The number of fused-ring (bicyclic) bond motifs is 1. The van der Waals surface area contributed by atoms with Crippen LogP contribution in [-0.2, 0) is 7.05 Å². The molecular formula is C19H21FN4O2. The number of aromatic nitrogens is 2. The van der Waals surface area contributed by atoms with E-state index < -0.39 is 5.82 Å². The average Bonchev–Trinajstić information content (AvgIpc) is 2.88. The van der Waals surface area contributed by atoms with Crippen molar-refractivity contribution in [3.8, 4) is 0 Å². The van der Waals surface area contributed by atoms with Crippen molar-refractivity contribution in [2.45, 2.75) is 19.9 Å². The topological polar surface area (TPSA) is 70.1 Å². The summed E-state index contributed by atoms with van der Waals surface area (Å²) in [6.07, 6.45) is 0. The summed E-state index contributed by atoms with van der Waals surface area (Å²) in [7, 11) is 3.47. The number of amides is 1. The summed E-state index contributed by atoms with van der Waals surface area (Å²) < 4.78 is 15.8. The molecule has 0 fully saturated rings. The van der Waals surface area contributed by atoms with Gasteiger partial charge in [0.15, 0.2) is 0 Å². The molecule has 0 radical (unpaired) electrons. The molecule has 0 spiro atoms. The number of H-pyrrole nitrogens is 1. The zero-order valence-corrected chi connectivity index (χ0v) is 15.1. The van der Waals surface area contributed by atoms with E-state index in [1.54, 1.807) is 37.4 Å². The predicted molar refractivity (Wildman–Crippen MR) is 101 cm³/mol. The maximum Gasteiger partial charge on any atom is 0.326 e. The Morgan fingerprint density at radius 3 is 2.62 bits per heavy atom. The molecule has 3 rings (SSSR count). The summed E-state index contributed by atoms with van der Waals surface area (Å²) in [6, 6.07) is 9.69. The van der Waals surface area contributed by atoms with Crippen LogP contribution in [0.1, 0.15) is 24.2 Å². The van der Waals surface area contributed by atoms with Gasteiger partial charge in [0.1, 0.15) is 5.82 Å². The molecule has 26 heavy (non-hydrogen) atoms. The molecule has 136 valence electrons. The Kier molecular flexibility index (Phi) is 4.54. The third-order valence-electron chi connectivity index (χ3n) is 4.53. The van der Waals surface area contributed by atoms with Crippen LogP contribution >= 0.6 is 0 Å². The fraction of sp³-hybridized carbons (Fsp3) is 0.263. The Morgan fingerprint density at radius 2 is 1.96 bits per heavy atom. The van der Waals surface area contributed by atoms with E-state index in [0.717, 1.165) is 0 Å². The van der Waals surface area contributed by atoms with E-state index >= 15 is 0 Å². The highest BCUT2D eigenvalue weighted by Crippen LogP contribution is 2.24. The van der Waals surface area contributed by atoms with Crippen LogP contribution in [0.25, 0.3) is 11.0 Å². The molecule has 0 unspecified atom stereocenters. The van der Waals surface area contributed by atoms with Crippen molar-refractivity contribution in [3.05, 3.63) is 58.3 Å². The van der Waals surface area contributed by atoms with Crippen molar-refractivity contribution < 1.29 is 9.18 Å². The van der Waals surface area contributed by atoms with Gasteiger partial charge in [0.25, 0.3) is 5.91 Å². The number of rotatable bonds is 4. The first-order valence-corrected chi connectivity index (χ1v) is 8.30. The molecular weight excluding hydrogens is 335 g/mol. The van der Waals surface area contributed by atoms with E-state index in [9.17, 15) is 14.0 Å². The molecule has 1 heterocycles.